The fraction of sp³-hybridized carbons (Fsp3) is 0.182. The molecule has 0 aliphatic rings. The summed E-state index contributed by atoms with van der Waals surface area (Å²) in [6, 6.07) is 11.0. The number of sulfone groups is 1. The molecule has 172 valence electrons. The molecule has 33 heavy (non-hydrogen) atoms. The number of thiazole rings is 1. The molecule has 2 aromatic heterocycles. The summed E-state index contributed by atoms with van der Waals surface area (Å²) in [7, 11) is -2.28. The van der Waals surface area contributed by atoms with Crippen molar-refractivity contribution in [2.45, 2.75) is 17.9 Å². The highest BCUT2D eigenvalue weighted by atomic mass is 32.2. The minimum absolute atomic E-state index is 0.0433. The summed E-state index contributed by atoms with van der Waals surface area (Å²) in [6.45, 7) is -0.0433. The number of methoxy groups -OCH3 is 1. The summed E-state index contributed by atoms with van der Waals surface area (Å²) in [5, 5.41) is 0.109. The SMILES string of the molecule is COc1ccc(S(=O)(=O)CCC(=O)N(Cc2ccco2)c2nc3c(F)cc(F)cc3s2)cc1. The van der Waals surface area contributed by atoms with Crippen LogP contribution in [-0.2, 0) is 21.2 Å². The first-order valence-corrected chi connectivity index (χ1v) is 12.2. The van der Waals surface area contributed by atoms with Crippen LogP contribution < -0.4 is 9.64 Å². The van der Waals surface area contributed by atoms with Gasteiger partial charge in [0.05, 0.1) is 35.3 Å². The average molecular weight is 493 g/mol. The monoisotopic (exact) mass is 492 g/mol. The number of hydrogen-bond acceptors (Lipinski definition) is 7. The third-order valence-corrected chi connectivity index (χ3v) is 7.59. The van der Waals surface area contributed by atoms with Gasteiger partial charge >= 0.3 is 0 Å². The molecule has 1 amide bonds. The van der Waals surface area contributed by atoms with Gasteiger partial charge in [0, 0.05) is 12.5 Å². The van der Waals surface area contributed by atoms with Crippen LogP contribution in [0.4, 0.5) is 13.9 Å². The van der Waals surface area contributed by atoms with Gasteiger partial charge in [-0.25, -0.2) is 22.2 Å². The Balaban J connectivity index is 1.59. The summed E-state index contributed by atoms with van der Waals surface area (Å²) in [6.07, 6.45) is 1.08. The van der Waals surface area contributed by atoms with Gasteiger partial charge in [-0.3, -0.25) is 9.69 Å². The van der Waals surface area contributed by atoms with Crippen molar-refractivity contribution in [3.05, 3.63) is 72.2 Å². The number of carbonyl (C=O) groups excluding carboxylic acids is 1. The van der Waals surface area contributed by atoms with Crippen molar-refractivity contribution in [3.8, 4) is 5.75 Å². The van der Waals surface area contributed by atoms with E-state index in [4.69, 9.17) is 9.15 Å². The van der Waals surface area contributed by atoms with E-state index < -0.39 is 33.1 Å². The van der Waals surface area contributed by atoms with E-state index in [1.807, 2.05) is 0 Å². The molecule has 0 saturated carbocycles. The molecule has 4 aromatic rings. The van der Waals surface area contributed by atoms with Gasteiger partial charge in [-0.05, 0) is 42.5 Å². The molecule has 0 aliphatic carbocycles. The Bertz CT molecular complexity index is 1380. The topological polar surface area (TPSA) is 89.7 Å². The lowest BCUT2D eigenvalue weighted by Gasteiger charge is -2.18. The zero-order valence-corrected chi connectivity index (χ0v) is 19.0. The molecule has 0 bridgehead atoms. The molecule has 0 saturated heterocycles. The highest BCUT2D eigenvalue weighted by molar-refractivity contribution is 7.91. The lowest BCUT2D eigenvalue weighted by Crippen LogP contribution is -2.31. The molecule has 0 N–H and O–H groups in total. The molecule has 4 rings (SSSR count). The minimum Gasteiger partial charge on any atom is -0.497 e. The lowest BCUT2D eigenvalue weighted by molar-refractivity contribution is -0.118. The summed E-state index contributed by atoms with van der Waals surface area (Å²) in [5.41, 5.74) is -0.0699. The van der Waals surface area contributed by atoms with E-state index in [9.17, 15) is 22.0 Å². The zero-order valence-electron chi connectivity index (χ0n) is 17.3. The molecule has 0 unspecified atom stereocenters. The second-order valence-corrected chi connectivity index (χ2v) is 10.2. The number of ether oxygens (including phenoxy) is 1. The molecule has 0 atom stereocenters. The van der Waals surface area contributed by atoms with Gasteiger partial charge in [0.2, 0.25) is 5.91 Å². The quantitative estimate of drug-likeness (QED) is 0.358. The lowest BCUT2D eigenvalue weighted by atomic mass is 10.3. The summed E-state index contributed by atoms with van der Waals surface area (Å²) in [4.78, 5) is 18.5. The predicted octanol–water partition coefficient (Wildman–Crippen LogP) is 4.57. The molecular weight excluding hydrogens is 474 g/mol. The van der Waals surface area contributed by atoms with Crippen LogP contribution in [0.3, 0.4) is 0 Å². The fourth-order valence-electron chi connectivity index (χ4n) is 3.14. The van der Waals surface area contributed by atoms with E-state index >= 15 is 0 Å². The van der Waals surface area contributed by atoms with Gasteiger partial charge in [-0.2, -0.15) is 0 Å². The molecule has 0 aliphatic heterocycles. The number of halogens is 2. The van der Waals surface area contributed by atoms with Crippen LogP contribution >= 0.6 is 11.3 Å². The maximum atomic E-state index is 14.1. The molecule has 0 spiro atoms. The number of aromatic nitrogens is 1. The van der Waals surface area contributed by atoms with Crippen molar-refractivity contribution in [1.29, 1.82) is 0 Å². The molecule has 2 heterocycles. The molecule has 0 fully saturated rings. The van der Waals surface area contributed by atoms with E-state index in [0.717, 1.165) is 17.4 Å². The van der Waals surface area contributed by atoms with E-state index in [2.05, 4.69) is 4.98 Å². The number of rotatable bonds is 8. The van der Waals surface area contributed by atoms with Crippen LogP contribution in [0.1, 0.15) is 12.2 Å². The van der Waals surface area contributed by atoms with Crippen LogP contribution in [0.2, 0.25) is 0 Å². The van der Waals surface area contributed by atoms with Crippen molar-refractivity contribution >= 4 is 42.4 Å². The largest absolute Gasteiger partial charge is 0.497 e. The van der Waals surface area contributed by atoms with E-state index in [1.165, 1.54) is 42.5 Å². The number of nitrogens with zero attached hydrogens (tertiary/aromatic N) is 2. The second kappa shape index (κ2) is 9.28. The van der Waals surface area contributed by atoms with Crippen molar-refractivity contribution in [2.75, 3.05) is 17.8 Å². The third-order valence-electron chi connectivity index (χ3n) is 4.83. The Kier molecular flexibility index (Phi) is 6.43. The number of hydrogen-bond donors (Lipinski definition) is 0. The third kappa shape index (κ3) is 5.04. The van der Waals surface area contributed by atoms with Gasteiger partial charge in [-0.1, -0.05) is 11.3 Å². The highest BCUT2D eigenvalue weighted by Gasteiger charge is 2.25. The Labute approximate surface area is 192 Å². The number of fused-ring (bicyclic) bond motifs is 1. The molecule has 11 heteroatoms. The standard InChI is InChI=1S/C22H18F2N2O5S2/c1-30-15-4-6-17(7-5-15)33(28,29)10-8-20(27)26(13-16-3-2-9-31-16)22-25-21-18(24)11-14(23)12-19(21)32-22/h2-7,9,11-12H,8,10,13H2,1H3. The molecule has 2 aromatic carbocycles. The van der Waals surface area contributed by atoms with Crippen molar-refractivity contribution in [3.63, 3.8) is 0 Å². The maximum absolute atomic E-state index is 14.1. The van der Waals surface area contributed by atoms with Crippen molar-refractivity contribution in [1.82, 2.24) is 4.98 Å². The van der Waals surface area contributed by atoms with E-state index in [-0.39, 0.29) is 33.2 Å². The Morgan fingerprint density at radius 1 is 1.18 bits per heavy atom. The van der Waals surface area contributed by atoms with Gasteiger partial charge in [-0.15, -0.1) is 0 Å². The first kappa shape index (κ1) is 22.9. The minimum atomic E-state index is -3.75. The highest BCUT2D eigenvalue weighted by Crippen LogP contribution is 2.32. The number of amides is 1. The Morgan fingerprint density at radius 2 is 1.94 bits per heavy atom. The molecular formula is C22H18F2N2O5S2. The van der Waals surface area contributed by atoms with Crippen LogP contribution in [-0.4, -0.2) is 32.2 Å². The molecule has 0 radical (unpaired) electrons. The van der Waals surface area contributed by atoms with Gasteiger partial charge < -0.3 is 9.15 Å². The van der Waals surface area contributed by atoms with E-state index in [0.29, 0.717) is 17.6 Å². The zero-order chi connectivity index (χ0) is 23.6. The normalized spacial score (nSPS) is 11.6. The van der Waals surface area contributed by atoms with Gasteiger partial charge in [0.1, 0.15) is 22.8 Å². The van der Waals surface area contributed by atoms with Crippen LogP contribution in [0.25, 0.3) is 10.2 Å². The van der Waals surface area contributed by atoms with Gasteiger partial charge in [0.25, 0.3) is 0 Å². The van der Waals surface area contributed by atoms with E-state index in [1.54, 1.807) is 12.1 Å². The smallest absolute Gasteiger partial charge is 0.230 e. The first-order chi connectivity index (χ1) is 15.8. The van der Waals surface area contributed by atoms with Gasteiger partial charge in [0.15, 0.2) is 20.8 Å². The number of anilines is 1. The first-order valence-electron chi connectivity index (χ1n) is 9.72. The summed E-state index contributed by atoms with van der Waals surface area (Å²) >= 11 is 0.927. The summed E-state index contributed by atoms with van der Waals surface area (Å²) < 4.78 is 63.7. The van der Waals surface area contributed by atoms with Crippen molar-refractivity contribution < 1.29 is 31.1 Å². The maximum Gasteiger partial charge on any atom is 0.230 e. The predicted molar refractivity (Wildman–Crippen MR) is 119 cm³/mol. The Morgan fingerprint density at radius 3 is 2.61 bits per heavy atom. The Hall–Kier alpha value is -3.31. The van der Waals surface area contributed by atoms with Crippen molar-refractivity contribution in [2.24, 2.45) is 0 Å². The molecule has 7 nitrogen and oxygen atoms in total. The second-order valence-electron chi connectivity index (χ2n) is 7.03. The van der Waals surface area contributed by atoms with Crippen LogP contribution in [0.5, 0.6) is 5.75 Å². The summed E-state index contributed by atoms with van der Waals surface area (Å²) in [5.74, 6) is -1.67. The average Bonchev–Trinajstić information content (AvgIpc) is 3.46. The number of carbonyl (C=O) groups is 1. The van der Waals surface area contributed by atoms with Crippen LogP contribution in [0.15, 0.2) is 64.1 Å². The van der Waals surface area contributed by atoms with Crippen LogP contribution in [0, 0.1) is 11.6 Å². The fourth-order valence-corrected chi connectivity index (χ4v) is 5.39. The number of furan rings is 1. The number of benzene rings is 2.